The van der Waals surface area contributed by atoms with Crippen LogP contribution in [0.5, 0.6) is 5.75 Å². The lowest BCUT2D eigenvalue weighted by Gasteiger charge is -2.19. The van der Waals surface area contributed by atoms with E-state index in [1.54, 1.807) is 11.0 Å². The molecule has 6 nitrogen and oxygen atoms in total. The van der Waals surface area contributed by atoms with Crippen molar-refractivity contribution in [3.05, 3.63) is 78.4 Å². The van der Waals surface area contributed by atoms with Gasteiger partial charge in [-0.15, -0.1) is 0 Å². The molecule has 2 heterocycles. The zero-order valence-corrected chi connectivity index (χ0v) is 14.4. The summed E-state index contributed by atoms with van der Waals surface area (Å²) >= 11 is 0. The first kappa shape index (κ1) is 16.3. The van der Waals surface area contributed by atoms with Crippen LogP contribution in [0.25, 0.3) is 0 Å². The fourth-order valence-electron chi connectivity index (χ4n) is 3.23. The topological polar surface area (TPSA) is 60.2 Å². The Kier molecular flexibility index (Phi) is 4.64. The molecule has 0 radical (unpaired) electrons. The van der Waals surface area contributed by atoms with Gasteiger partial charge in [0.2, 0.25) is 0 Å². The van der Waals surface area contributed by atoms with Crippen molar-refractivity contribution in [2.75, 3.05) is 13.1 Å². The Morgan fingerprint density at radius 1 is 1.12 bits per heavy atom. The predicted molar refractivity (Wildman–Crippen MR) is 96.9 cm³/mol. The molecule has 0 aliphatic carbocycles. The average Bonchev–Trinajstić information content (AvgIpc) is 3.35. The molecule has 1 saturated heterocycles. The van der Waals surface area contributed by atoms with Crippen LogP contribution in [0.1, 0.15) is 22.3 Å². The second-order valence-electron chi connectivity index (χ2n) is 6.34. The molecule has 0 N–H and O–H groups in total. The molecule has 1 aromatic heterocycles. The van der Waals surface area contributed by atoms with Crippen LogP contribution in [0.4, 0.5) is 0 Å². The second-order valence-corrected chi connectivity index (χ2v) is 6.34. The summed E-state index contributed by atoms with van der Waals surface area (Å²) in [6.45, 7) is 1.83. The van der Waals surface area contributed by atoms with E-state index in [-0.39, 0.29) is 12.0 Å². The maximum atomic E-state index is 13.0. The minimum Gasteiger partial charge on any atom is -0.489 e. The summed E-state index contributed by atoms with van der Waals surface area (Å²) in [6.07, 6.45) is 4.02. The number of benzene rings is 2. The van der Waals surface area contributed by atoms with Gasteiger partial charge < -0.3 is 9.64 Å². The molecule has 1 fully saturated rings. The Morgan fingerprint density at radius 3 is 2.73 bits per heavy atom. The zero-order valence-electron chi connectivity index (χ0n) is 14.4. The van der Waals surface area contributed by atoms with E-state index in [1.807, 2.05) is 59.5 Å². The highest BCUT2D eigenvalue weighted by molar-refractivity contribution is 5.95. The van der Waals surface area contributed by atoms with Crippen molar-refractivity contribution in [3.8, 4) is 5.75 Å². The molecule has 0 spiro atoms. The molecule has 6 heteroatoms. The van der Waals surface area contributed by atoms with E-state index in [1.165, 1.54) is 6.33 Å². The lowest BCUT2D eigenvalue weighted by atomic mass is 10.1. The molecule has 1 amide bonds. The Morgan fingerprint density at radius 2 is 1.92 bits per heavy atom. The largest absolute Gasteiger partial charge is 0.489 e. The average molecular weight is 348 g/mol. The smallest absolute Gasteiger partial charge is 0.254 e. The molecule has 1 aliphatic rings. The first-order valence-electron chi connectivity index (χ1n) is 8.71. The van der Waals surface area contributed by atoms with Crippen LogP contribution in [-0.2, 0) is 6.54 Å². The Balaban J connectivity index is 1.45. The molecular formula is C20H20N4O2. The molecule has 2 aromatic carbocycles. The highest BCUT2D eigenvalue weighted by Gasteiger charge is 2.29. The van der Waals surface area contributed by atoms with Gasteiger partial charge >= 0.3 is 0 Å². The number of hydrogen-bond acceptors (Lipinski definition) is 4. The van der Waals surface area contributed by atoms with E-state index >= 15 is 0 Å². The molecule has 4 rings (SSSR count). The zero-order chi connectivity index (χ0) is 17.8. The van der Waals surface area contributed by atoms with Crippen LogP contribution in [0.3, 0.4) is 0 Å². The summed E-state index contributed by atoms with van der Waals surface area (Å²) in [5.74, 6) is 0.887. The molecule has 1 atom stereocenters. The molecule has 1 aliphatic heterocycles. The summed E-state index contributed by atoms with van der Waals surface area (Å²) in [6, 6.07) is 17.4. The monoisotopic (exact) mass is 348 g/mol. The van der Waals surface area contributed by atoms with Crippen LogP contribution >= 0.6 is 0 Å². The number of rotatable bonds is 5. The SMILES string of the molecule is O=C(c1ccccc1Cn1cncn1)N1CCC(Oc2ccccc2)C1. The van der Waals surface area contributed by atoms with Gasteiger partial charge in [0.05, 0.1) is 13.1 Å². The van der Waals surface area contributed by atoms with Gasteiger partial charge in [0.25, 0.3) is 5.91 Å². The molecule has 1 unspecified atom stereocenters. The summed E-state index contributed by atoms with van der Waals surface area (Å²) < 4.78 is 7.71. The first-order chi connectivity index (χ1) is 12.8. The van der Waals surface area contributed by atoms with E-state index in [9.17, 15) is 4.79 Å². The number of aromatic nitrogens is 3. The van der Waals surface area contributed by atoms with Gasteiger partial charge in [0.1, 0.15) is 24.5 Å². The molecular weight excluding hydrogens is 328 g/mol. The number of hydrogen-bond donors (Lipinski definition) is 0. The molecule has 3 aromatic rings. The third-order valence-electron chi connectivity index (χ3n) is 4.52. The predicted octanol–water partition coefficient (Wildman–Crippen LogP) is 2.62. The summed E-state index contributed by atoms with van der Waals surface area (Å²) in [5, 5.41) is 4.13. The van der Waals surface area contributed by atoms with Gasteiger partial charge in [-0.25, -0.2) is 9.67 Å². The third-order valence-corrected chi connectivity index (χ3v) is 4.52. The minimum atomic E-state index is 0.0313. The summed E-state index contributed by atoms with van der Waals surface area (Å²) in [5.41, 5.74) is 1.65. The van der Waals surface area contributed by atoms with E-state index in [0.717, 1.165) is 17.7 Å². The van der Waals surface area contributed by atoms with Crippen LogP contribution in [0.15, 0.2) is 67.3 Å². The quantitative estimate of drug-likeness (QED) is 0.711. The van der Waals surface area contributed by atoms with Gasteiger partial charge in [0.15, 0.2) is 0 Å². The number of nitrogens with zero attached hydrogens (tertiary/aromatic N) is 4. The second kappa shape index (κ2) is 7.39. The fraction of sp³-hybridized carbons (Fsp3) is 0.250. The number of para-hydroxylation sites is 1. The van der Waals surface area contributed by atoms with Crippen molar-refractivity contribution >= 4 is 5.91 Å². The van der Waals surface area contributed by atoms with Crippen LogP contribution < -0.4 is 4.74 Å². The first-order valence-corrected chi connectivity index (χ1v) is 8.71. The maximum Gasteiger partial charge on any atom is 0.254 e. The molecule has 0 saturated carbocycles. The molecule has 26 heavy (non-hydrogen) atoms. The number of carbonyl (C=O) groups excluding carboxylic acids is 1. The normalized spacial score (nSPS) is 16.6. The van der Waals surface area contributed by atoms with E-state index < -0.39 is 0 Å². The van der Waals surface area contributed by atoms with E-state index in [4.69, 9.17) is 4.74 Å². The Labute approximate surface area is 152 Å². The van der Waals surface area contributed by atoms with Gasteiger partial charge in [0, 0.05) is 18.5 Å². The van der Waals surface area contributed by atoms with Crippen LogP contribution in [0, 0.1) is 0 Å². The minimum absolute atomic E-state index is 0.0313. The van der Waals surface area contributed by atoms with Crippen molar-refractivity contribution in [2.24, 2.45) is 0 Å². The highest BCUT2D eigenvalue weighted by Crippen LogP contribution is 2.21. The number of ether oxygens (including phenoxy) is 1. The van der Waals surface area contributed by atoms with Gasteiger partial charge in [-0.05, 0) is 23.8 Å². The standard InChI is InChI=1S/C20H20N4O2/c25-20(19-9-5-4-6-16(19)12-24-15-21-14-22-24)23-11-10-18(13-23)26-17-7-2-1-3-8-17/h1-9,14-15,18H,10-13H2. The maximum absolute atomic E-state index is 13.0. The number of carbonyl (C=O) groups is 1. The number of amides is 1. The van der Waals surface area contributed by atoms with Crippen LogP contribution in [-0.4, -0.2) is 44.8 Å². The van der Waals surface area contributed by atoms with Crippen molar-refractivity contribution in [2.45, 2.75) is 19.1 Å². The van der Waals surface area contributed by atoms with Crippen molar-refractivity contribution in [1.82, 2.24) is 19.7 Å². The van der Waals surface area contributed by atoms with E-state index in [0.29, 0.717) is 25.2 Å². The van der Waals surface area contributed by atoms with Gasteiger partial charge in [-0.3, -0.25) is 4.79 Å². The Hall–Kier alpha value is -3.15. The third kappa shape index (κ3) is 3.59. The lowest BCUT2D eigenvalue weighted by molar-refractivity contribution is 0.0771. The highest BCUT2D eigenvalue weighted by atomic mass is 16.5. The summed E-state index contributed by atoms with van der Waals surface area (Å²) in [7, 11) is 0. The van der Waals surface area contributed by atoms with Crippen molar-refractivity contribution < 1.29 is 9.53 Å². The summed E-state index contributed by atoms with van der Waals surface area (Å²) in [4.78, 5) is 18.8. The molecule has 0 bridgehead atoms. The fourth-order valence-corrected chi connectivity index (χ4v) is 3.23. The number of likely N-dealkylation sites (tertiary alicyclic amines) is 1. The lowest BCUT2D eigenvalue weighted by Crippen LogP contribution is -2.31. The van der Waals surface area contributed by atoms with Gasteiger partial charge in [-0.2, -0.15) is 5.10 Å². The van der Waals surface area contributed by atoms with Crippen molar-refractivity contribution in [1.29, 1.82) is 0 Å². The van der Waals surface area contributed by atoms with Gasteiger partial charge in [-0.1, -0.05) is 36.4 Å². The van der Waals surface area contributed by atoms with Crippen molar-refractivity contribution in [3.63, 3.8) is 0 Å². The Bertz CT molecular complexity index is 865. The van der Waals surface area contributed by atoms with E-state index in [2.05, 4.69) is 10.1 Å². The van der Waals surface area contributed by atoms with Crippen LogP contribution in [0.2, 0.25) is 0 Å². The molecule has 132 valence electrons.